The number of nitrogens with zero attached hydrogens (tertiary/aromatic N) is 5. The van der Waals surface area contributed by atoms with Crippen LogP contribution in [0.25, 0.3) is 27.8 Å². The second-order valence-electron chi connectivity index (χ2n) is 8.66. The van der Waals surface area contributed by atoms with Gasteiger partial charge in [-0.3, -0.25) is 4.18 Å². The molecule has 3 aromatic carbocycles. The summed E-state index contributed by atoms with van der Waals surface area (Å²) in [4.78, 5) is 2.33. The fourth-order valence-corrected chi connectivity index (χ4v) is 5.37. The number of hydrogen-bond acceptors (Lipinski definition) is 8. The molecule has 2 heterocycles. The van der Waals surface area contributed by atoms with Gasteiger partial charge in [0.25, 0.3) is 0 Å². The van der Waals surface area contributed by atoms with E-state index in [0.717, 1.165) is 58.9 Å². The molecule has 0 radical (unpaired) electrons. The molecule has 11 heteroatoms. The highest BCUT2D eigenvalue weighted by atomic mass is 32.3. The van der Waals surface area contributed by atoms with E-state index < -0.39 is 10.4 Å². The van der Waals surface area contributed by atoms with Gasteiger partial charge < -0.3 is 14.0 Å². The number of anilines is 1. The molecule has 0 amide bonds. The van der Waals surface area contributed by atoms with Crippen LogP contribution in [0.4, 0.5) is 15.8 Å². The fourth-order valence-electron chi connectivity index (χ4n) is 4.31. The van der Waals surface area contributed by atoms with Crippen molar-refractivity contribution in [2.75, 3.05) is 25.1 Å². The first-order valence-corrected chi connectivity index (χ1v) is 14.8. The van der Waals surface area contributed by atoms with Crippen molar-refractivity contribution in [2.24, 2.45) is 17.3 Å². The van der Waals surface area contributed by atoms with E-state index in [1.165, 1.54) is 5.00 Å². The average Bonchev–Trinajstić information content (AvgIpc) is 3.50. The van der Waals surface area contributed by atoms with Crippen molar-refractivity contribution in [3.05, 3.63) is 91.1 Å². The van der Waals surface area contributed by atoms with Crippen LogP contribution in [0, 0.1) is 0 Å². The lowest BCUT2D eigenvalue weighted by Gasteiger charge is -2.16. The van der Waals surface area contributed by atoms with Crippen molar-refractivity contribution < 1.29 is 21.7 Å². The normalized spacial score (nSPS) is 11.5. The zero-order valence-electron chi connectivity index (χ0n) is 22.8. The van der Waals surface area contributed by atoms with Crippen LogP contribution >= 0.6 is 11.3 Å². The molecule has 0 fully saturated rings. The van der Waals surface area contributed by atoms with Crippen LogP contribution in [0.1, 0.15) is 13.8 Å². The summed E-state index contributed by atoms with van der Waals surface area (Å²) >= 11 is 1.67. The summed E-state index contributed by atoms with van der Waals surface area (Å²) in [6, 6.07) is 29.3. The smallest absolute Gasteiger partial charge is 0.410 e. The number of hydrogen-bond donors (Lipinski definition) is 0. The first-order chi connectivity index (χ1) is 19.3. The molecule has 0 spiro atoms. The number of para-hydroxylation sites is 2. The third-order valence-electron chi connectivity index (χ3n) is 6.23. The summed E-state index contributed by atoms with van der Waals surface area (Å²) in [6.45, 7) is 6.29. The number of rotatable bonds is 8. The van der Waals surface area contributed by atoms with E-state index in [1.54, 1.807) is 11.3 Å². The molecule has 2 aromatic heterocycles. The monoisotopic (exact) mass is 577 g/mol. The van der Waals surface area contributed by atoms with Crippen molar-refractivity contribution >= 4 is 48.5 Å². The first kappa shape index (κ1) is 29.1. The van der Waals surface area contributed by atoms with E-state index in [-0.39, 0.29) is 0 Å². The minimum Gasteiger partial charge on any atom is -0.726 e. The summed E-state index contributed by atoms with van der Waals surface area (Å²) in [5.74, 6) is 0. The topological polar surface area (TPSA) is 103 Å². The maximum atomic E-state index is 9.22. The van der Waals surface area contributed by atoms with Gasteiger partial charge in [-0.05, 0) is 48.5 Å². The van der Waals surface area contributed by atoms with E-state index >= 15 is 0 Å². The molecule has 208 valence electrons. The minimum absolute atomic E-state index is 0.808. The molecule has 0 atom stereocenters. The van der Waals surface area contributed by atoms with Crippen molar-refractivity contribution in [1.82, 2.24) is 4.57 Å². The van der Waals surface area contributed by atoms with Gasteiger partial charge in [0.2, 0.25) is 10.4 Å². The van der Waals surface area contributed by atoms with Crippen molar-refractivity contribution in [1.29, 1.82) is 0 Å². The van der Waals surface area contributed by atoms with Crippen LogP contribution < -0.4 is 9.47 Å². The molecule has 9 nitrogen and oxygen atoms in total. The number of aryl methyl sites for hydroxylation is 1. The Morgan fingerprint density at radius 1 is 0.925 bits per heavy atom. The minimum atomic E-state index is -4.41. The maximum Gasteiger partial charge on any atom is 0.410 e. The van der Waals surface area contributed by atoms with E-state index in [9.17, 15) is 13.0 Å². The Balaban J connectivity index is 0.000000557. The highest BCUT2D eigenvalue weighted by molar-refractivity contribution is 7.80. The highest BCUT2D eigenvalue weighted by Crippen LogP contribution is 2.43. The quantitative estimate of drug-likeness (QED) is 0.0902. The van der Waals surface area contributed by atoms with Crippen molar-refractivity contribution in [3.63, 3.8) is 0 Å². The van der Waals surface area contributed by atoms with Crippen LogP contribution in [-0.4, -0.2) is 37.7 Å². The lowest BCUT2D eigenvalue weighted by Crippen LogP contribution is -2.26. The zero-order valence-corrected chi connectivity index (χ0v) is 24.4. The molecule has 0 saturated heterocycles. The Labute approximate surface area is 238 Å². The van der Waals surface area contributed by atoms with Gasteiger partial charge >= 0.3 is 5.13 Å². The molecule has 0 aliphatic carbocycles. The molecule has 5 rings (SSSR count). The maximum absolute atomic E-state index is 9.22. The number of azo groups is 1. The summed E-state index contributed by atoms with van der Waals surface area (Å²) in [5, 5.41) is 12.8. The fraction of sp³-hybridized carbons (Fsp3) is 0.207. The third-order valence-corrected chi connectivity index (χ3v) is 7.76. The largest absolute Gasteiger partial charge is 0.726 e. The zero-order chi connectivity index (χ0) is 28.7. The molecule has 40 heavy (non-hydrogen) atoms. The highest BCUT2D eigenvalue weighted by Gasteiger charge is 2.22. The van der Waals surface area contributed by atoms with Crippen LogP contribution in [0.2, 0.25) is 0 Å². The molecule has 0 aliphatic rings. The molecule has 5 aromatic rings. The molecular weight excluding hydrogens is 546 g/mol. The molecule has 0 saturated carbocycles. The number of aromatic nitrogens is 2. The summed E-state index contributed by atoms with van der Waals surface area (Å²) in [6.07, 6.45) is 2.14. The Hall–Kier alpha value is -3.90. The summed E-state index contributed by atoms with van der Waals surface area (Å²) in [5.41, 5.74) is 5.24. The van der Waals surface area contributed by atoms with Crippen LogP contribution in [0.15, 0.2) is 101 Å². The molecule has 0 bridgehead atoms. The third kappa shape index (κ3) is 6.62. The van der Waals surface area contributed by atoms with Crippen molar-refractivity contribution in [2.45, 2.75) is 13.8 Å². The van der Waals surface area contributed by atoms with Gasteiger partial charge in [0.1, 0.15) is 16.9 Å². The molecular formula is C29H31N5O4S2. The van der Waals surface area contributed by atoms with Gasteiger partial charge in [-0.25, -0.2) is 13.0 Å². The van der Waals surface area contributed by atoms with Gasteiger partial charge in [-0.1, -0.05) is 66.7 Å². The summed E-state index contributed by atoms with van der Waals surface area (Å²) in [7, 11) is -1.57. The molecule has 0 unspecified atom stereocenters. The van der Waals surface area contributed by atoms with Gasteiger partial charge in [0.05, 0.1) is 30.5 Å². The van der Waals surface area contributed by atoms with Gasteiger partial charge in [-0.15, -0.1) is 0 Å². The first-order valence-electron chi connectivity index (χ1n) is 12.7. The van der Waals surface area contributed by atoms with Gasteiger partial charge in [0.15, 0.2) is 0 Å². The van der Waals surface area contributed by atoms with Crippen molar-refractivity contribution in [3.8, 4) is 16.9 Å². The lowest BCUT2D eigenvalue weighted by atomic mass is 10.1. The number of thiazole rings is 1. The molecule has 0 N–H and O–H groups in total. The summed E-state index contributed by atoms with van der Waals surface area (Å²) < 4.78 is 35.4. The second kappa shape index (κ2) is 13.0. The lowest BCUT2D eigenvalue weighted by molar-refractivity contribution is -0.653. The Morgan fingerprint density at radius 2 is 1.50 bits per heavy atom. The van der Waals surface area contributed by atoms with E-state index in [0.29, 0.717) is 0 Å². The number of fused-ring (bicyclic) bond motifs is 1. The van der Waals surface area contributed by atoms with Crippen LogP contribution in [0.3, 0.4) is 0 Å². The Kier molecular flexibility index (Phi) is 9.43. The van der Waals surface area contributed by atoms with E-state index in [2.05, 4.69) is 111 Å². The predicted octanol–water partition coefficient (Wildman–Crippen LogP) is 6.54. The standard InChI is InChI=1S/C28H28N5S.CH4O4S/c1-4-32(5-2)25-20-31(3)28(34-25)30-29-26-23-18-12-13-19-24(23)33(22-16-10-7-11-17-22)27(26)21-14-8-6-9-15-21;1-5-6(2,3)4/h6-20H,4-5H2,1-3H3;1H3,(H,2,3,4)/q+1;/p-1. The average molecular weight is 578 g/mol. The van der Waals surface area contributed by atoms with E-state index in [4.69, 9.17) is 10.2 Å². The Bertz CT molecular complexity index is 1690. The Morgan fingerprint density at radius 3 is 2.10 bits per heavy atom. The van der Waals surface area contributed by atoms with Gasteiger partial charge in [-0.2, -0.15) is 0 Å². The predicted molar refractivity (Wildman–Crippen MR) is 159 cm³/mol. The van der Waals surface area contributed by atoms with Crippen LogP contribution in [0.5, 0.6) is 0 Å². The second-order valence-corrected chi connectivity index (χ2v) is 10.8. The SMILES string of the molecule is CCN(CC)c1c[n+](C)c(N=Nc2c(-c3ccccc3)n(-c3ccccc3)c3ccccc23)s1.COS(=O)(=O)[O-]. The van der Waals surface area contributed by atoms with E-state index in [1.807, 2.05) is 19.2 Å². The molecule has 0 aliphatic heterocycles. The van der Waals surface area contributed by atoms with Gasteiger partial charge in [0, 0.05) is 29.7 Å². The number of benzene rings is 3. The van der Waals surface area contributed by atoms with Crippen LogP contribution in [-0.2, 0) is 21.6 Å².